The fourth-order valence-electron chi connectivity index (χ4n) is 2.60. The van der Waals surface area contributed by atoms with Gasteiger partial charge in [-0.1, -0.05) is 16.6 Å². The second-order valence-corrected chi connectivity index (χ2v) is 9.47. The zero-order chi connectivity index (χ0) is 21.2. The molecule has 0 saturated heterocycles. The Labute approximate surface area is 176 Å². The number of benzene rings is 1. The van der Waals surface area contributed by atoms with E-state index >= 15 is 0 Å². The van der Waals surface area contributed by atoms with E-state index in [0.29, 0.717) is 27.8 Å². The van der Waals surface area contributed by atoms with Gasteiger partial charge in [0.25, 0.3) is 5.91 Å². The Morgan fingerprint density at radius 3 is 2.59 bits per heavy atom. The summed E-state index contributed by atoms with van der Waals surface area (Å²) in [6, 6.07) is 5.06. The van der Waals surface area contributed by atoms with Crippen LogP contribution in [0.25, 0.3) is 9.88 Å². The van der Waals surface area contributed by atoms with Gasteiger partial charge in [0, 0.05) is 10.9 Å². The third-order valence-corrected chi connectivity index (χ3v) is 6.91. The zero-order valence-corrected chi connectivity index (χ0v) is 18.5. The van der Waals surface area contributed by atoms with Crippen molar-refractivity contribution >= 4 is 38.8 Å². The van der Waals surface area contributed by atoms with Crippen LogP contribution in [-0.2, 0) is 16.6 Å². The van der Waals surface area contributed by atoms with Gasteiger partial charge in [0.2, 0.25) is 10.0 Å². The van der Waals surface area contributed by atoms with E-state index in [1.807, 2.05) is 0 Å². The minimum absolute atomic E-state index is 0.0325. The number of aryl methyl sites for hydroxylation is 1. The molecule has 0 bridgehead atoms. The van der Waals surface area contributed by atoms with E-state index in [1.54, 1.807) is 25.1 Å². The van der Waals surface area contributed by atoms with Crippen LogP contribution in [-0.4, -0.2) is 53.7 Å². The number of rotatable bonds is 7. The molecule has 0 radical (unpaired) electrons. The van der Waals surface area contributed by atoms with Gasteiger partial charge in [-0.25, -0.2) is 17.7 Å². The first kappa shape index (κ1) is 21.1. The van der Waals surface area contributed by atoms with Crippen LogP contribution in [0.3, 0.4) is 0 Å². The summed E-state index contributed by atoms with van der Waals surface area (Å²) < 4.78 is 40.0. The minimum Gasteiger partial charge on any atom is -0.493 e. The maximum atomic E-state index is 13.0. The summed E-state index contributed by atoms with van der Waals surface area (Å²) >= 11 is 2.40. The lowest BCUT2D eigenvalue weighted by Crippen LogP contribution is -2.36. The largest absolute Gasteiger partial charge is 0.493 e. The summed E-state index contributed by atoms with van der Waals surface area (Å²) in [5, 5.41) is 6.02. The highest BCUT2D eigenvalue weighted by atomic mass is 32.2. The van der Waals surface area contributed by atoms with Crippen molar-refractivity contribution in [3.05, 3.63) is 40.5 Å². The average molecular weight is 455 g/mol. The molecular weight excluding hydrogens is 436 g/mol. The normalized spacial score (nSPS) is 11.3. The van der Waals surface area contributed by atoms with Crippen molar-refractivity contribution in [3.63, 3.8) is 0 Å². The molecule has 0 fully saturated rings. The SMILES string of the molecule is COc1cccc(CN(C(=O)c2csc(-c3snnc3C)n2)S(C)(=O)=O)c1OC. The van der Waals surface area contributed by atoms with Crippen LogP contribution >= 0.6 is 22.9 Å². The first-order valence-corrected chi connectivity index (χ1v) is 11.7. The average Bonchev–Trinajstić information content (AvgIpc) is 3.32. The molecule has 1 amide bonds. The Bertz CT molecular complexity index is 1140. The van der Waals surface area contributed by atoms with E-state index in [4.69, 9.17) is 9.47 Å². The van der Waals surface area contributed by atoms with Crippen LogP contribution in [0.5, 0.6) is 11.5 Å². The third kappa shape index (κ3) is 4.38. The molecule has 0 atom stereocenters. The van der Waals surface area contributed by atoms with Gasteiger partial charge in [-0.3, -0.25) is 4.79 Å². The maximum absolute atomic E-state index is 13.0. The number of para-hydroxylation sites is 1. The lowest BCUT2D eigenvalue weighted by Gasteiger charge is -2.21. The van der Waals surface area contributed by atoms with E-state index in [-0.39, 0.29) is 12.2 Å². The summed E-state index contributed by atoms with van der Waals surface area (Å²) in [6.07, 6.45) is 0.974. The van der Waals surface area contributed by atoms with Crippen molar-refractivity contribution in [1.29, 1.82) is 0 Å². The van der Waals surface area contributed by atoms with Gasteiger partial charge in [0.15, 0.2) is 11.5 Å². The first-order valence-electron chi connectivity index (χ1n) is 8.23. The lowest BCUT2D eigenvalue weighted by molar-refractivity contribution is 0.0850. The molecule has 154 valence electrons. The highest BCUT2D eigenvalue weighted by molar-refractivity contribution is 7.88. The number of carbonyl (C=O) groups excluding carboxylic acids is 1. The molecule has 9 nitrogen and oxygen atoms in total. The smallest absolute Gasteiger partial charge is 0.287 e. The Morgan fingerprint density at radius 2 is 2.00 bits per heavy atom. The number of hydrogen-bond donors (Lipinski definition) is 0. The van der Waals surface area contributed by atoms with E-state index in [0.717, 1.165) is 15.4 Å². The van der Waals surface area contributed by atoms with Gasteiger partial charge in [-0.2, -0.15) is 0 Å². The highest BCUT2D eigenvalue weighted by Crippen LogP contribution is 2.33. The number of sulfonamides is 1. The molecule has 12 heteroatoms. The number of aromatic nitrogens is 3. The van der Waals surface area contributed by atoms with E-state index in [9.17, 15) is 13.2 Å². The van der Waals surface area contributed by atoms with Crippen LogP contribution in [0, 0.1) is 6.92 Å². The molecule has 2 aromatic heterocycles. The van der Waals surface area contributed by atoms with Crippen LogP contribution in [0.15, 0.2) is 23.6 Å². The van der Waals surface area contributed by atoms with Crippen molar-refractivity contribution in [2.45, 2.75) is 13.5 Å². The number of hydrogen-bond acceptors (Lipinski definition) is 10. The number of thiazole rings is 1. The molecule has 0 spiro atoms. The molecule has 0 unspecified atom stereocenters. The molecule has 1 aromatic carbocycles. The van der Waals surface area contributed by atoms with E-state index in [1.165, 1.54) is 42.5 Å². The Hall–Kier alpha value is -2.57. The summed E-state index contributed by atoms with van der Waals surface area (Å²) in [5.74, 6) is 0.0757. The van der Waals surface area contributed by atoms with E-state index in [2.05, 4.69) is 14.6 Å². The fourth-order valence-corrected chi connectivity index (χ4v) is 4.95. The molecule has 0 saturated carbocycles. The molecule has 0 aliphatic heterocycles. The second-order valence-electron chi connectivity index (χ2n) is 5.95. The van der Waals surface area contributed by atoms with Crippen molar-refractivity contribution in [3.8, 4) is 21.4 Å². The number of amides is 1. The molecule has 0 aliphatic rings. The molecule has 3 aromatic rings. The number of carbonyl (C=O) groups is 1. The van der Waals surface area contributed by atoms with Crippen LogP contribution in [0.2, 0.25) is 0 Å². The summed E-state index contributed by atoms with van der Waals surface area (Å²) in [5.41, 5.74) is 1.22. The van der Waals surface area contributed by atoms with Crippen LogP contribution in [0.1, 0.15) is 21.7 Å². The van der Waals surface area contributed by atoms with Gasteiger partial charge < -0.3 is 9.47 Å². The molecular formula is C17H18N4O5S3. The zero-order valence-electron chi connectivity index (χ0n) is 16.1. The van der Waals surface area contributed by atoms with Crippen molar-refractivity contribution in [2.75, 3.05) is 20.5 Å². The van der Waals surface area contributed by atoms with Gasteiger partial charge in [-0.05, 0) is 24.5 Å². The Morgan fingerprint density at radius 1 is 1.24 bits per heavy atom. The lowest BCUT2D eigenvalue weighted by atomic mass is 10.2. The molecule has 29 heavy (non-hydrogen) atoms. The molecule has 3 rings (SSSR count). The fraction of sp³-hybridized carbons (Fsp3) is 0.294. The highest BCUT2D eigenvalue weighted by Gasteiger charge is 2.29. The minimum atomic E-state index is -3.88. The van der Waals surface area contributed by atoms with Crippen molar-refractivity contribution < 1.29 is 22.7 Å². The Kier molecular flexibility index (Phi) is 6.15. The monoisotopic (exact) mass is 454 g/mol. The number of nitrogens with zero attached hydrogens (tertiary/aromatic N) is 4. The predicted molar refractivity (Wildman–Crippen MR) is 110 cm³/mol. The first-order chi connectivity index (χ1) is 13.8. The van der Waals surface area contributed by atoms with E-state index < -0.39 is 15.9 Å². The van der Waals surface area contributed by atoms with Gasteiger partial charge in [0.1, 0.15) is 15.6 Å². The summed E-state index contributed by atoms with van der Waals surface area (Å²) in [7, 11) is -0.947. The molecule has 0 aliphatic carbocycles. The molecule has 0 N–H and O–H groups in total. The van der Waals surface area contributed by atoms with Gasteiger partial charge in [-0.15, -0.1) is 16.4 Å². The quantitative estimate of drug-likeness (QED) is 0.535. The summed E-state index contributed by atoms with van der Waals surface area (Å²) in [4.78, 5) is 18.1. The third-order valence-electron chi connectivity index (χ3n) is 3.99. The predicted octanol–water partition coefficient (Wildman–Crippen LogP) is 2.59. The van der Waals surface area contributed by atoms with Gasteiger partial charge >= 0.3 is 0 Å². The van der Waals surface area contributed by atoms with Crippen molar-refractivity contribution in [2.24, 2.45) is 0 Å². The van der Waals surface area contributed by atoms with Gasteiger partial charge in [0.05, 0.1) is 32.7 Å². The number of methoxy groups -OCH3 is 2. The number of ether oxygens (including phenoxy) is 2. The maximum Gasteiger partial charge on any atom is 0.287 e. The summed E-state index contributed by atoms with van der Waals surface area (Å²) in [6.45, 7) is 1.58. The van der Waals surface area contributed by atoms with Crippen LogP contribution in [0.4, 0.5) is 0 Å². The van der Waals surface area contributed by atoms with Crippen molar-refractivity contribution in [1.82, 2.24) is 18.9 Å². The topological polar surface area (TPSA) is 112 Å². The Balaban J connectivity index is 1.96. The molecule has 2 heterocycles. The van der Waals surface area contributed by atoms with Crippen LogP contribution < -0.4 is 9.47 Å². The second kappa shape index (κ2) is 8.43. The standard InChI is InChI=1S/C17H18N4O5S3/c1-10-15(28-20-19-10)16-18-12(9-27-16)17(22)21(29(4,23)24)8-11-6-5-7-13(25-2)14(11)26-3/h5-7,9H,8H2,1-4H3.